The van der Waals surface area contributed by atoms with Gasteiger partial charge in [0, 0.05) is 6.07 Å². The lowest BCUT2D eigenvalue weighted by atomic mass is 10.2. The minimum Gasteiger partial charge on any atom is -0.509 e. The normalized spacial score (nSPS) is 14.5. The Morgan fingerprint density at radius 1 is 1.19 bits per heavy atom. The number of H-pyrrole nitrogens is 1. The van der Waals surface area contributed by atoms with Crippen LogP contribution in [0.4, 0.5) is 5.69 Å². The SMILES string of the molecule is COc1ccc2nc(C3=C(O)CN(c4ccc(C)cc4O)C3=N)[nH]c2c1. The van der Waals surface area contributed by atoms with E-state index in [4.69, 9.17) is 10.1 Å². The number of benzene rings is 2. The van der Waals surface area contributed by atoms with Crippen LogP contribution in [0.25, 0.3) is 16.6 Å². The molecule has 0 amide bonds. The highest BCUT2D eigenvalue weighted by molar-refractivity contribution is 6.30. The number of phenolic OH excluding ortho intramolecular Hbond substituents is 1. The van der Waals surface area contributed by atoms with Gasteiger partial charge in [-0.3, -0.25) is 5.41 Å². The van der Waals surface area contributed by atoms with Crippen LogP contribution in [0.2, 0.25) is 0 Å². The maximum Gasteiger partial charge on any atom is 0.145 e. The third-order valence-electron chi connectivity index (χ3n) is 4.45. The van der Waals surface area contributed by atoms with Crippen molar-refractivity contribution in [3.8, 4) is 11.5 Å². The Balaban J connectivity index is 1.73. The van der Waals surface area contributed by atoms with E-state index in [0.29, 0.717) is 28.4 Å². The van der Waals surface area contributed by atoms with Gasteiger partial charge in [0.1, 0.15) is 28.9 Å². The van der Waals surface area contributed by atoms with Crippen molar-refractivity contribution in [2.75, 3.05) is 18.6 Å². The molecular weight excluding hydrogens is 332 g/mol. The Hall–Kier alpha value is -3.48. The molecule has 4 rings (SSSR count). The van der Waals surface area contributed by atoms with Crippen molar-refractivity contribution < 1.29 is 14.9 Å². The number of imidazole rings is 1. The zero-order chi connectivity index (χ0) is 18.4. The molecule has 2 aromatic carbocycles. The van der Waals surface area contributed by atoms with Gasteiger partial charge in [-0.05, 0) is 36.8 Å². The van der Waals surface area contributed by atoms with Gasteiger partial charge < -0.3 is 24.8 Å². The molecule has 0 unspecified atom stereocenters. The van der Waals surface area contributed by atoms with Crippen LogP contribution in [0.3, 0.4) is 0 Å². The maximum absolute atomic E-state index is 10.4. The number of phenols is 1. The van der Waals surface area contributed by atoms with Gasteiger partial charge in [-0.15, -0.1) is 0 Å². The summed E-state index contributed by atoms with van der Waals surface area (Å²) in [7, 11) is 1.59. The molecule has 26 heavy (non-hydrogen) atoms. The van der Waals surface area contributed by atoms with Gasteiger partial charge in [-0.25, -0.2) is 4.98 Å². The average molecular weight is 350 g/mol. The van der Waals surface area contributed by atoms with Crippen LogP contribution in [0.5, 0.6) is 11.5 Å². The second kappa shape index (κ2) is 5.80. The average Bonchev–Trinajstić information content (AvgIpc) is 3.14. The summed E-state index contributed by atoms with van der Waals surface area (Å²) >= 11 is 0. The molecule has 7 heteroatoms. The number of nitrogens with zero attached hydrogens (tertiary/aromatic N) is 2. The summed E-state index contributed by atoms with van der Waals surface area (Å²) in [6.45, 7) is 1.98. The van der Waals surface area contributed by atoms with E-state index in [1.54, 1.807) is 30.2 Å². The summed E-state index contributed by atoms with van der Waals surface area (Å²) in [4.78, 5) is 9.16. The number of aromatic amines is 1. The first-order valence-corrected chi connectivity index (χ1v) is 8.10. The van der Waals surface area contributed by atoms with Crippen molar-refractivity contribution in [2.45, 2.75) is 6.92 Å². The number of rotatable bonds is 3. The summed E-state index contributed by atoms with van der Waals surface area (Å²) in [6, 6.07) is 10.6. The number of anilines is 1. The van der Waals surface area contributed by atoms with Crippen LogP contribution >= 0.6 is 0 Å². The van der Waals surface area contributed by atoms with Crippen molar-refractivity contribution in [3.63, 3.8) is 0 Å². The number of hydrogen-bond acceptors (Lipinski definition) is 5. The molecule has 0 aliphatic carbocycles. The van der Waals surface area contributed by atoms with E-state index in [2.05, 4.69) is 9.97 Å². The number of aromatic nitrogens is 2. The summed E-state index contributed by atoms with van der Waals surface area (Å²) in [6.07, 6.45) is 0. The third-order valence-corrected chi connectivity index (χ3v) is 4.45. The summed E-state index contributed by atoms with van der Waals surface area (Å²) in [5.74, 6) is 1.27. The number of aromatic hydroxyl groups is 1. The molecule has 3 aromatic rings. The molecule has 0 spiro atoms. The standard InChI is InChI=1S/C19H18N4O3/c1-10-3-6-14(15(24)7-10)23-9-16(25)17(18(23)20)19-21-12-5-4-11(26-2)8-13(12)22-19/h3-8,20,24-25H,9H2,1-2H3,(H,21,22). The molecule has 4 N–H and O–H groups in total. The smallest absolute Gasteiger partial charge is 0.145 e. The Kier molecular flexibility index (Phi) is 3.57. The van der Waals surface area contributed by atoms with Crippen LogP contribution in [-0.2, 0) is 0 Å². The first-order chi connectivity index (χ1) is 12.5. The molecule has 0 saturated carbocycles. The molecule has 0 atom stereocenters. The highest BCUT2D eigenvalue weighted by atomic mass is 16.5. The molecule has 0 fully saturated rings. The largest absolute Gasteiger partial charge is 0.509 e. The lowest BCUT2D eigenvalue weighted by molar-refractivity contribution is 0.410. The molecule has 1 aromatic heterocycles. The third kappa shape index (κ3) is 2.45. The fourth-order valence-electron chi connectivity index (χ4n) is 3.13. The molecule has 1 aliphatic rings. The number of amidine groups is 1. The first kappa shape index (κ1) is 16.0. The van der Waals surface area contributed by atoms with E-state index in [1.807, 2.05) is 25.1 Å². The summed E-state index contributed by atoms with van der Waals surface area (Å²) < 4.78 is 5.21. The number of methoxy groups -OCH3 is 1. The molecule has 0 radical (unpaired) electrons. The van der Waals surface area contributed by atoms with Crippen molar-refractivity contribution in [2.24, 2.45) is 0 Å². The first-order valence-electron chi connectivity index (χ1n) is 8.10. The van der Waals surface area contributed by atoms with E-state index < -0.39 is 0 Å². The Bertz CT molecular complexity index is 1070. The number of aliphatic hydroxyl groups excluding tert-OH is 1. The van der Waals surface area contributed by atoms with Crippen LogP contribution < -0.4 is 9.64 Å². The number of ether oxygens (including phenoxy) is 1. The number of hydrogen-bond donors (Lipinski definition) is 4. The molecule has 132 valence electrons. The van der Waals surface area contributed by atoms with E-state index in [1.165, 1.54) is 0 Å². The minimum atomic E-state index is 0.0287. The Labute approximate surface area is 149 Å². The zero-order valence-electron chi connectivity index (χ0n) is 14.4. The number of aliphatic hydroxyl groups is 1. The van der Waals surface area contributed by atoms with Crippen molar-refractivity contribution >= 4 is 28.1 Å². The highest BCUT2D eigenvalue weighted by Crippen LogP contribution is 2.35. The topological polar surface area (TPSA) is 105 Å². The fraction of sp³-hybridized carbons (Fsp3) is 0.158. The number of fused-ring (bicyclic) bond motifs is 1. The second-order valence-corrected chi connectivity index (χ2v) is 6.22. The van der Waals surface area contributed by atoms with Crippen molar-refractivity contribution in [1.29, 1.82) is 5.41 Å². The Morgan fingerprint density at radius 2 is 2.00 bits per heavy atom. The summed E-state index contributed by atoms with van der Waals surface area (Å²) in [5.41, 5.74) is 3.18. The van der Waals surface area contributed by atoms with Crippen molar-refractivity contribution in [3.05, 3.63) is 53.5 Å². The minimum absolute atomic E-state index is 0.0287. The van der Waals surface area contributed by atoms with Crippen molar-refractivity contribution in [1.82, 2.24) is 9.97 Å². The molecule has 0 bridgehead atoms. The van der Waals surface area contributed by atoms with Gasteiger partial charge in [0.25, 0.3) is 0 Å². The van der Waals surface area contributed by atoms with Gasteiger partial charge in [0.15, 0.2) is 0 Å². The van der Waals surface area contributed by atoms with E-state index in [9.17, 15) is 10.2 Å². The van der Waals surface area contributed by atoms with Gasteiger partial charge in [-0.2, -0.15) is 0 Å². The summed E-state index contributed by atoms with van der Waals surface area (Å²) in [5, 5.41) is 29.1. The predicted molar refractivity (Wildman–Crippen MR) is 100 cm³/mol. The molecular formula is C19H18N4O3. The van der Waals surface area contributed by atoms with Gasteiger partial charge in [0.2, 0.25) is 0 Å². The van der Waals surface area contributed by atoms with Gasteiger partial charge in [0.05, 0.1) is 35.9 Å². The molecule has 7 nitrogen and oxygen atoms in total. The zero-order valence-corrected chi connectivity index (χ0v) is 14.4. The van der Waals surface area contributed by atoms with Crippen LogP contribution in [0.15, 0.2) is 42.2 Å². The van der Waals surface area contributed by atoms with Crippen LogP contribution in [0.1, 0.15) is 11.4 Å². The number of aryl methyl sites for hydroxylation is 1. The van der Waals surface area contributed by atoms with E-state index in [-0.39, 0.29) is 23.9 Å². The van der Waals surface area contributed by atoms with E-state index >= 15 is 0 Å². The molecule has 1 aliphatic heterocycles. The second-order valence-electron chi connectivity index (χ2n) is 6.22. The number of nitrogens with one attached hydrogen (secondary N) is 2. The Morgan fingerprint density at radius 3 is 2.73 bits per heavy atom. The maximum atomic E-state index is 10.4. The van der Waals surface area contributed by atoms with Crippen LogP contribution in [0, 0.1) is 12.3 Å². The van der Waals surface area contributed by atoms with Gasteiger partial charge in [-0.1, -0.05) is 6.07 Å². The predicted octanol–water partition coefficient (Wildman–Crippen LogP) is 3.35. The van der Waals surface area contributed by atoms with Crippen LogP contribution in [-0.4, -0.2) is 39.7 Å². The highest BCUT2D eigenvalue weighted by Gasteiger charge is 2.32. The molecule has 2 heterocycles. The quantitative estimate of drug-likeness (QED) is 0.580. The lowest BCUT2D eigenvalue weighted by Gasteiger charge is -2.20. The monoisotopic (exact) mass is 350 g/mol. The van der Waals surface area contributed by atoms with Gasteiger partial charge >= 0.3 is 0 Å². The fourth-order valence-corrected chi connectivity index (χ4v) is 3.13. The lowest BCUT2D eigenvalue weighted by Crippen LogP contribution is -2.26. The van der Waals surface area contributed by atoms with E-state index in [0.717, 1.165) is 11.1 Å². The molecule has 0 saturated heterocycles.